The lowest BCUT2D eigenvalue weighted by Gasteiger charge is -2.28. The first kappa shape index (κ1) is 41.0. The fourth-order valence-electron chi connectivity index (χ4n) is 12.9. The minimum absolute atomic E-state index is 0.0911. The summed E-state index contributed by atoms with van der Waals surface area (Å²) in [5.41, 5.74) is 20.1. The van der Waals surface area contributed by atoms with E-state index in [1.54, 1.807) is 0 Å². The molecule has 0 radical (unpaired) electrons. The van der Waals surface area contributed by atoms with Crippen LogP contribution >= 0.6 is 0 Å². The second-order valence-electron chi connectivity index (χ2n) is 20.8. The van der Waals surface area contributed by atoms with Gasteiger partial charge in [-0.05, 0) is 116 Å². The maximum atomic E-state index is 7.31. The summed E-state index contributed by atoms with van der Waals surface area (Å²) in [6, 6.07) is 79.6. The van der Waals surface area contributed by atoms with Crippen LogP contribution in [0, 0.1) is 0 Å². The first-order valence-electron chi connectivity index (χ1n) is 25.1. The zero-order valence-electron chi connectivity index (χ0n) is 40.5. The van der Waals surface area contributed by atoms with Gasteiger partial charge >= 0.3 is 0 Å². The molecule has 0 saturated heterocycles. The second kappa shape index (κ2) is 14.8. The van der Waals surface area contributed by atoms with Gasteiger partial charge in [0.05, 0.1) is 16.8 Å². The molecule has 0 bridgehead atoms. The van der Waals surface area contributed by atoms with Crippen LogP contribution in [0.15, 0.2) is 227 Å². The number of furan rings is 2. The summed E-state index contributed by atoms with van der Waals surface area (Å²) in [7, 11) is 0. The Hall–Kier alpha value is -8.86. The number of fused-ring (bicyclic) bond motifs is 17. The van der Waals surface area contributed by atoms with Gasteiger partial charge in [0.1, 0.15) is 22.3 Å². The minimum Gasteiger partial charge on any atom is -0.456 e. The van der Waals surface area contributed by atoms with Crippen LogP contribution in [0.4, 0.5) is 34.1 Å². The fraction of sp³-hybridized carbons (Fsp3) is 0.0882. The number of hydrogen-bond donors (Lipinski definition) is 0. The highest BCUT2D eigenvalue weighted by Gasteiger charge is 2.37. The Balaban J connectivity index is 0.954. The van der Waals surface area contributed by atoms with E-state index in [1.165, 1.54) is 44.5 Å². The van der Waals surface area contributed by atoms with E-state index in [0.29, 0.717) is 0 Å². The number of rotatable bonds is 6. The van der Waals surface area contributed by atoms with E-state index in [-0.39, 0.29) is 10.8 Å². The van der Waals surface area contributed by atoms with Gasteiger partial charge in [-0.1, -0.05) is 173 Å². The van der Waals surface area contributed by atoms with Crippen LogP contribution in [0.3, 0.4) is 0 Å². The molecule has 2 aliphatic rings. The number of para-hydroxylation sites is 2. The summed E-state index contributed by atoms with van der Waals surface area (Å²) in [6.45, 7) is 9.35. The van der Waals surface area contributed by atoms with Crippen LogP contribution in [-0.2, 0) is 10.8 Å². The quantitative estimate of drug-likeness (QED) is 0.166. The molecule has 0 aliphatic heterocycles. The van der Waals surface area contributed by atoms with Crippen LogP contribution in [-0.4, -0.2) is 0 Å². The van der Waals surface area contributed by atoms with Crippen molar-refractivity contribution in [2.45, 2.75) is 38.5 Å². The number of benzene rings is 11. The Morgan fingerprint density at radius 1 is 0.292 bits per heavy atom. The average Bonchev–Trinajstić information content (AvgIpc) is 4.12. The smallest absolute Gasteiger partial charge is 0.147 e. The van der Waals surface area contributed by atoms with Crippen LogP contribution in [0.2, 0.25) is 0 Å². The minimum atomic E-state index is -0.0915. The zero-order valence-corrected chi connectivity index (χ0v) is 40.5. The van der Waals surface area contributed by atoms with Crippen LogP contribution < -0.4 is 9.80 Å². The Morgan fingerprint density at radius 2 is 0.722 bits per heavy atom. The third-order valence-corrected chi connectivity index (χ3v) is 16.2. The van der Waals surface area contributed by atoms with Gasteiger partial charge in [-0.2, -0.15) is 0 Å². The van der Waals surface area contributed by atoms with E-state index >= 15 is 0 Å². The molecule has 0 unspecified atom stereocenters. The van der Waals surface area contributed by atoms with Crippen molar-refractivity contribution < 1.29 is 8.83 Å². The van der Waals surface area contributed by atoms with E-state index in [2.05, 4.69) is 256 Å². The second-order valence-corrected chi connectivity index (χ2v) is 20.8. The molecule has 0 amide bonds. The molecule has 0 N–H and O–H groups in total. The lowest BCUT2D eigenvalue weighted by Crippen LogP contribution is -2.15. The molecule has 0 saturated carbocycles. The van der Waals surface area contributed by atoms with Crippen molar-refractivity contribution in [3.63, 3.8) is 0 Å². The van der Waals surface area contributed by atoms with Crippen LogP contribution in [0.1, 0.15) is 49.9 Å². The van der Waals surface area contributed by atoms with E-state index < -0.39 is 0 Å². The molecule has 4 heteroatoms. The molecule has 13 aromatic rings. The number of nitrogens with zero attached hydrogens (tertiary/aromatic N) is 2. The van der Waals surface area contributed by atoms with E-state index in [0.717, 1.165) is 99.5 Å². The normalized spacial score (nSPS) is 14.1. The fourth-order valence-corrected chi connectivity index (χ4v) is 12.9. The molecular weight excluding hydrogens is 877 g/mol. The number of hydrogen-bond acceptors (Lipinski definition) is 4. The van der Waals surface area contributed by atoms with E-state index in [4.69, 9.17) is 8.83 Å². The van der Waals surface area contributed by atoms with Crippen molar-refractivity contribution in [1.82, 2.24) is 0 Å². The molecule has 342 valence electrons. The van der Waals surface area contributed by atoms with Gasteiger partial charge in [0.25, 0.3) is 0 Å². The topological polar surface area (TPSA) is 32.8 Å². The van der Waals surface area contributed by atoms with Crippen molar-refractivity contribution in [2.24, 2.45) is 0 Å². The Morgan fingerprint density at radius 3 is 1.25 bits per heavy atom. The highest BCUT2D eigenvalue weighted by molar-refractivity contribution is 6.32. The standard InChI is InChI=1S/C68H48N2O2/c1-67(2)54-29-17-15-23-45(54)52-37-43(31-34-56(52)67)69(41-19-7-5-8-20-41)58-39-61-63(49-27-13-11-25-47(49)58)51-33-36-60-65(66(51)72-61)64-50-28-14-12-26-48(50)59(40-62(64)71-60)70(42-21-9-6-10-22-42)44-32-35-57-53(38-44)46-24-16-18-30-55(46)68(57,3)4/h5-40H,1-4H3. The van der Waals surface area contributed by atoms with Crippen molar-refractivity contribution in [1.29, 1.82) is 0 Å². The van der Waals surface area contributed by atoms with Gasteiger partial charge in [-0.15, -0.1) is 0 Å². The van der Waals surface area contributed by atoms with Crippen LogP contribution in [0.25, 0.3) is 87.7 Å². The molecule has 2 aromatic heterocycles. The number of anilines is 6. The zero-order chi connectivity index (χ0) is 48.0. The van der Waals surface area contributed by atoms with Crippen molar-refractivity contribution in [3.05, 3.63) is 241 Å². The van der Waals surface area contributed by atoms with Crippen molar-refractivity contribution in [2.75, 3.05) is 9.80 Å². The Bertz CT molecular complexity index is 4400. The largest absolute Gasteiger partial charge is 0.456 e. The summed E-state index contributed by atoms with van der Waals surface area (Å²) >= 11 is 0. The van der Waals surface area contributed by atoms with Crippen molar-refractivity contribution in [3.8, 4) is 22.3 Å². The maximum Gasteiger partial charge on any atom is 0.147 e. The lowest BCUT2D eigenvalue weighted by molar-refractivity contribution is 0.660. The average molecular weight is 925 g/mol. The molecule has 4 nitrogen and oxygen atoms in total. The van der Waals surface area contributed by atoms with Gasteiger partial charge in [0, 0.05) is 72.6 Å². The summed E-state index contributed by atoms with van der Waals surface area (Å²) in [5.74, 6) is 0. The predicted octanol–water partition coefficient (Wildman–Crippen LogP) is 19.3. The highest BCUT2D eigenvalue weighted by atomic mass is 16.3. The Kier molecular flexibility index (Phi) is 8.44. The summed E-state index contributed by atoms with van der Waals surface area (Å²) < 4.78 is 14.3. The van der Waals surface area contributed by atoms with Gasteiger partial charge in [-0.25, -0.2) is 0 Å². The summed E-state index contributed by atoms with van der Waals surface area (Å²) in [5, 5.41) is 8.68. The first-order chi connectivity index (χ1) is 35.2. The lowest BCUT2D eigenvalue weighted by atomic mass is 9.82. The summed E-state index contributed by atoms with van der Waals surface area (Å²) in [4.78, 5) is 4.80. The van der Waals surface area contributed by atoms with Gasteiger partial charge in [-0.3, -0.25) is 0 Å². The predicted molar refractivity (Wildman–Crippen MR) is 301 cm³/mol. The SMILES string of the molecule is CC1(C)c2ccccc2-c2cc(N(c3ccccc3)c3cc4oc5c(ccc6oc7cc(N(c8ccccc8)c8ccc9c(c8)-c8ccccc8C9(C)C)c8ccccc8c7c65)c4c4ccccc34)ccc21. The molecule has 0 atom stereocenters. The van der Waals surface area contributed by atoms with Gasteiger partial charge in [0.2, 0.25) is 0 Å². The molecule has 0 spiro atoms. The maximum absolute atomic E-state index is 7.31. The molecule has 72 heavy (non-hydrogen) atoms. The molecule has 0 fully saturated rings. The third kappa shape index (κ3) is 5.63. The molecule has 2 aliphatic carbocycles. The molecule has 2 heterocycles. The molecule has 11 aromatic carbocycles. The third-order valence-electron chi connectivity index (χ3n) is 16.2. The van der Waals surface area contributed by atoms with E-state index in [9.17, 15) is 0 Å². The molecular formula is C68H48N2O2. The molecule has 15 rings (SSSR count). The monoisotopic (exact) mass is 924 g/mol. The first-order valence-corrected chi connectivity index (χ1v) is 25.1. The van der Waals surface area contributed by atoms with E-state index in [1.807, 2.05) is 0 Å². The summed E-state index contributed by atoms with van der Waals surface area (Å²) in [6.07, 6.45) is 0. The Labute approximate surface area is 417 Å². The van der Waals surface area contributed by atoms with Gasteiger partial charge < -0.3 is 18.6 Å². The van der Waals surface area contributed by atoms with Gasteiger partial charge in [0.15, 0.2) is 0 Å². The van der Waals surface area contributed by atoms with Crippen molar-refractivity contribution >= 4 is 99.5 Å². The highest BCUT2D eigenvalue weighted by Crippen LogP contribution is 2.55. The van der Waals surface area contributed by atoms with Crippen LogP contribution in [0.5, 0.6) is 0 Å².